The van der Waals surface area contributed by atoms with E-state index in [4.69, 9.17) is 23.7 Å². The Morgan fingerprint density at radius 3 is 2.00 bits per heavy atom. The van der Waals surface area contributed by atoms with Gasteiger partial charge in [0.1, 0.15) is 0 Å². The minimum Gasteiger partial charge on any atom is -0.493 e. The average molecular weight is 310 g/mol. The van der Waals surface area contributed by atoms with Crippen LogP contribution in [-0.2, 0) is 15.3 Å². The highest BCUT2D eigenvalue weighted by molar-refractivity contribution is 5.54. The molecule has 1 aliphatic rings. The highest BCUT2D eigenvalue weighted by Crippen LogP contribution is 2.45. The molecule has 124 valence electrons. The Balaban J connectivity index is 2.39. The molecule has 2 rings (SSSR count). The summed E-state index contributed by atoms with van der Waals surface area (Å²) in [6.07, 6.45) is 4.18. The van der Waals surface area contributed by atoms with E-state index in [1.807, 2.05) is 12.1 Å². The lowest BCUT2D eigenvalue weighted by atomic mass is 9.98. The monoisotopic (exact) mass is 310 g/mol. The summed E-state index contributed by atoms with van der Waals surface area (Å²) in [6, 6.07) is 3.83. The maximum atomic E-state index is 5.97. The van der Waals surface area contributed by atoms with E-state index in [-0.39, 0.29) is 0 Å². The van der Waals surface area contributed by atoms with Crippen LogP contribution in [0.15, 0.2) is 12.1 Å². The number of hydrogen-bond donors (Lipinski definition) is 0. The molecule has 22 heavy (non-hydrogen) atoms. The lowest BCUT2D eigenvalue weighted by Gasteiger charge is -2.29. The number of rotatable bonds is 8. The number of ether oxygens (including phenoxy) is 5. The molecule has 5 nitrogen and oxygen atoms in total. The zero-order chi connectivity index (χ0) is 16.0. The van der Waals surface area contributed by atoms with Gasteiger partial charge < -0.3 is 23.7 Å². The third-order valence-corrected chi connectivity index (χ3v) is 3.97. The summed E-state index contributed by atoms with van der Waals surface area (Å²) in [4.78, 5) is 0. The normalized spacial score (nSPS) is 16.5. The van der Waals surface area contributed by atoms with Gasteiger partial charge in [-0.1, -0.05) is 19.8 Å². The van der Waals surface area contributed by atoms with E-state index in [9.17, 15) is 0 Å². The van der Waals surface area contributed by atoms with Gasteiger partial charge >= 0.3 is 0 Å². The third-order valence-electron chi connectivity index (χ3n) is 3.97. The van der Waals surface area contributed by atoms with Crippen molar-refractivity contribution in [2.45, 2.75) is 38.4 Å². The SMILES string of the molecule is CCCCCC1(c2cc(OC)c(OC)c(OC)c2)OCCO1. The molecule has 1 aromatic rings. The van der Waals surface area contributed by atoms with Crippen molar-refractivity contribution in [1.29, 1.82) is 0 Å². The molecule has 1 saturated heterocycles. The van der Waals surface area contributed by atoms with Gasteiger partial charge in [0.25, 0.3) is 0 Å². The van der Waals surface area contributed by atoms with E-state index >= 15 is 0 Å². The van der Waals surface area contributed by atoms with E-state index < -0.39 is 5.79 Å². The van der Waals surface area contributed by atoms with Gasteiger partial charge in [0.15, 0.2) is 17.3 Å². The summed E-state index contributed by atoms with van der Waals surface area (Å²) in [5, 5.41) is 0. The first-order chi connectivity index (χ1) is 10.7. The molecule has 0 spiro atoms. The van der Waals surface area contributed by atoms with Crippen molar-refractivity contribution in [3.05, 3.63) is 17.7 Å². The quantitative estimate of drug-likeness (QED) is 0.688. The Morgan fingerprint density at radius 2 is 1.55 bits per heavy atom. The van der Waals surface area contributed by atoms with Crippen LogP contribution in [0.2, 0.25) is 0 Å². The lowest BCUT2D eigenvalue weighted by Crippen LogP contribution is -2.27. The summed E-state index contributed by atoms with van der Waals surface area (Å²) in [5.74, 6) is 1.11. The molecule has 0 aromatic heterocycles. The minimum absolute atomic E-state index is 0.579. The predicted molar refractivity (Wildman–Crippen MR) is 83.8 cm³/mol. The molecule has 1 heterocycles. The van der Waals surface area contributed by atoms with Gasteiger partial charge in [0, 0.05) is 12.0 Å². The number of methoxy groups -OCH3 is 3. The molecule has 0 aliphatic carbocycles. The van der Waals surface area contributed by atoms with Crippen molar-refractivity contribution < 1.29 is 23.7 Å². The van der Waals surface area contributed by atoms with E-state index in [0.717, 1.165) is 31.2 Å². The van der Waals surface area contributed by atoms with Crippen LogP contribution >= 0.6 is 0 Å². The summed E-state index contributed by atoms with van der Waals surface area (Å²) >= 11 is 0. The zero-order valence-electron chi connectivity index (χ0n) is 13.9. The van der Waals surface area contributed by atoms with E-state index in [2.05, 4.69) is 6.92 Å². The van der Waals surface area contributed by atoms with Gasteiger partial charge in [-0.25, -0.2) is 0 Å². The molecule has 1 aromatic carbocycles. The molecular formula is C17H26O5. The van der Waals surface area contributed by atoms with Gasteiger partial charge in [0.05, 0.1) is 34.5 Å². The second-order valence-electron chi connectivity index (χ2n) is 5.32. The second kappa shape index (κ2) is 7.70. The second-order valence-corrected chi connectivity index (χ2v) is 5.32. The summed E-state index contributed by atoms with van der Waals surface area (Å²) in [5.41, 5.74) is 0.913. The van der Waals surface area contributed by atoms with Crippen LogP contribution in [0.1, 0.15) is 38.2 Å². The smallest absolute Gasteiger partial charge is 0.203 e. The van der Waals surface area contributed by atoms with Crippen molar-refractivity contribution in [3.63, 3.8) is 0 Å². The van der Waals surface area contributed by atoms with Gasteiger partial charge in [-0.3, -0.25) is 0 Å². The molecule has 0 radical (unpaired) electrons. The summed E-state index contributed by atoms with van der Waals surface area (Å²) in [6.45, 7) is 3.38. The predicted octanol–water partition coefficient (Wildman–Crippen LogP) is 3.49. The molecule has 1 aliphatic heterocycles. The maximum absolute atomic E-state index is 5.97. The average Bonchev–Trinajstić information content (AvgIpc) is 3.03. The number of hydrogen-bond acceptors (Lipinski definition) is 5. The summed E-state index contributed by atoms with van der Waals surface area (Å²) in [7, 11) is 4.82. The lowest BCUT2D eigenvalue weighted by molar-refractivity contribution is -0.171. The molecule has 1 fully saturated rings. The molecule has 0 saturated carbocycles. The van der Waals surface area contributed by atoms with Gasteiger partial charge in [0.2, 0.25) is 5.75 Å². The fourth-order valence-corrected chi connectivity index (χ4v) is 2.82. The van der Waals surface area contributed by atoms with Gasteiger partial charge in [-0.2, -0.15) is 0 Å². The van der Waals surface area contributed by atoms with Crippen molar-refractivity contribution >= 4 is 0 Å². The van der Waals surface area contributed by atoms with E-state index in [0.29, 0.717) is 30.5 Å². The van der Waals surface area contributed by atoms with Crippen LogP contribution in [-0.4, -0.2) is 34.5 Å². The van der Waals surface area contributed by atoms with Crippen LogP contribution in [0, 0.1) is 0 Å². The number of benzene rings is 1. The molecule has 5 heteroatoms. The van der Waals surface area contributed by atoms with Crippen molar-refractivity contribution in [3.8, 4) is 17.2 Å². The van der Waals surface area contributed by atoms with Crippen LogP contribution in [0.5, 0.6) is 17.2 Å². The Hall–Kier alpha value is -1.46. The highest BCUT2D eigenvalue weighted by atomic mass is 16.7. The first kappa shape index (κ1) is 16.9. The first-order valence-corrected chi connectivity index (χ1v) is 7.79. The highest BCUT2D eigenvalue weighted by Gasteiger charge is 2.39. The van der Waals surface area contributed by atoms with Crippen molar-refractivity contribution in [2.24, 2.45) is 0 Å². The molecule has 0 bridgehead atoms. The van der Waals surface area contributed by atoms with E-state index in [1.54, 1.807) is 21.3 Å². The van der Waals surface area contributed by atoms with Crippen LogP contribution in [0.25, 0.3) is 0 Å². The Labute approximate surface area is 132 Å². The maximum Gasteiger partial charge on any atom is 0.203 e. The Kier molecular flexibility index (Phi) is 5.91. The van der Waals surface area contributed by atoms with Crippen molar-refractivity contribution in [1.82, 2.24) is 0 Å². The summed E-state index contributed by atoms with van der Waals surface area (Å²) < 4.78 is 28.2. The van der Waals surface area contributed by atoms with Crippen LogP contribution < -0.4 is 14.2 Å². The molecule has 0 unspecified atom stereocenters. The van der Waals surface area contributed by atoms with Crippen LogP contribution in [0.4, 0.5) is 0 Å². The number of unbranched alkanes of at least 4 members (excludes halogenated alkanes) is 2. The largest absolute Gasteiger partial charge is 0.493 e. The van der Waals surface area contributed by atoms with Crippen LogP contribution in [0.3, 0.4) is 0 Å². The van der Waals surface area contributed by atoms with Gasteiger partial charge in [-0.05, 0) is 18.6 Å². The fraction of sp³-hybridized carbons (Fsp3) is 0.647. The first-order valence-electron chi connectivity index (χ1n) is 7.79. The molecular weight excluding hydrogens is 284 g/mol. The molecule has 0 N–H and O–H groups in total. The minimum atomic E-state index is -0.706. The van der Waals surface area contributed by atoms with Crippen molar-refractivity contribution in [2.75, 3.05) is 34.5 Å². The Morgan fingerprint density at radius 1 is 0.955 bits per heavy atom. The standard InChI is InChI=1S/C17H26O5/c1-5-6-7-8-17(21-9-10-22-17)13-11-14(18-2)16(20-4)15(12-13)19-3/h11-12H,5-10H2,1-4H3. The molecule has 0 atom stereocenters. The fourth-order valence-electron chi connectivity index (χ4n) is 2.82. The van der Waals surface area contributed by atoms with Gasteiger partial charge in [-0.15, -0.1) is 0 Å². The third kappa shape index (κ3) is 3.31. The topological polar surface area (TPSA) is 46.2 Å². The van der Waals surface area contributed by atoms with E-state index in [1.165, 1.54) is 0 Å². The Bertz CT molecular complexity index is 455. The zero-order valence-corrected chi connectivity index (χ0v) is 13.9. The molecule has 0 amide bonds.